The first-order valence-electron chi connectivity index (χ1n) is 4.43. The molecule has 0 saturated carbocycles. The fourth-order valence-electron chi connectivity index (χ4n) is 0.932. The summed E-state index contributed by atoms with van der Waals surface area (Å²) in [5, 5.41) is 10.4. The fourth-order valence-corrected chi connectivity index (χ4v) is 0.932. The Balaban J connectivity index is 2.56. The lowest BCUT2D eigenvalue weighted by molar-refractivity contribution is -0.384. The number of carbonyl (C=O) groups excluding carboxylic acids is 1. The quantitative estimate of drug-likeness (QED) is 0.530. The highest BCUT2D eigenvalue weighted by Crippen LogP contribution is 2.17. The van der Waals surface area contributed by atoms with E-state index in [1.54, 1.807) is 0 Å². The number of benzene rings is 1. The molecule has 1 aromatic rings. The lowest BCUT2D eigenvalue weighted by Crippen LogP contribution is -2.41. The maximum Gasteiger partial charge on any atom is 0.269 e. The van der Waals surface area contributed by atoms with Crippen molar-refractivity contribution in [1.82, 2.24) is 0 Å². The molecule has 0 aliphatic heterocycles. The molecule has 0 radical (unpaired) electrons. The van der Waals surface area contributed by atoms with Crippen LogP contribution < -0.4 is 16.2 Å². The third-order valence-corrected chi connectivity index (χ3v) is 1.84. The summed E-state index contributed by atoms with van der Waals surface area (Å²) in [6.45, 7) is -0.0624. The van der Waals surface area contributed by atoms with Gasteiger partial charge in [0.25, 0.3) is 5.69 Å². The number of nitro benzene ring substituents is 1. The molecule has 7 heteroatoms. The topological polar surface area (TPSA) is 121 Å². The van der Waals surface area contributed by atoms with Gasteiger partial charge in [-0.15, -0.1) is 0 Å². The van der Waals surface area contributed by atoms with Crippen molar-refractivity contribution in [3.8, 4) is 5.75 Å². The number of nitro groups is 1. The number of amides is 1. The summed E-state index contributed by atoms with van der Waals surface area (Å²) in [6.07, 6.45) is 0. The van der Waals surface area contributed by atoms with Crippen LogP contribution in [0.15, 0.2) is 24.3 Å². The van der Waals surface area contributed by atoms with Crippen molar-refractivity contribution in [2.45, 2.75) is 6.04 Å². The van der Waals surface area contributed by atoms with Gasteiger partial charge in [-0.2, -0.15) is 0 Å². The minimum absolute atomic E-state index is 0.0356. The number of hydrogen-bond acceptors (Lipinski definition) is 5. The highest BCUT2D eigenvalue weighted by molar-refractivity contribution is 5.79. The van der Waals surface area contributed by atoms with Gasteiger partial charge < -0.3 is 16.2 Å². The van der Waals surface area contributed by atoms with Crippen LogP contribution in [-0.4, -0.2) is 23.5 Å². The molecular formula is C9H11N3O4. The van der Waals surface area contributed by atoms with Gasteiger partial charge in [0.05, 0.1) is 4.92 Å². The molecule has 1 aromatic carbocycles. The largest absolute Gasteiger partial charge is 0.491 e. The molecule has 1 rings (SSSR count). The molecule has 0 fully saturated rings. The Labute approximate surface area is 91.1 Å². The van der Waals surface area contributed by atoms with Crippen LogP contribution in [0.4, 0.5) is 5.69 Å². The molecule has 0 aromatic heterocycles. The molecule has 0 spiro atoms. The molecule has 0 heterocycles. The van der Waals surface area contributed by atoms with Gasteiger partial charge in [-0.05, 0) is 12.1 Å². The molecule has 1 atom stereocenters. The second-order valence-electron chi connectivity index (χ2n) is 3.07. The van der Waals surface area contributed by atoms with Crippen LogP contribution in [0.3, 0.4) is 0 Å². The van der Waals surface area contributed by atoms with E-state index in [9.17, 15) is 14.9 Å². The Morgan fingerprint density at radius 3 is 2.44 bits per heavy atom. The Bertz CT molecular complexity index is 390. The number of carbonyl (C=O) groups is 1. The lowest BCUT2D eigenvalue weighted by Gasteiger charge is -2.09. The molecule has 1 unspecified atom stereocenters. The van der Waals surface area contributed by atoms with Gasteiger partial charge in [0.1, 0.15) is 18.4 Å². The highest BCUT2D eigenvalue weighted by atomic mass is 16.6. The Hall–Kier alpha value is -2.15. The first-order chi connectivity index (χ1) is 7.50. The maximum atomic E-state index is 10.6. The summed E-state index contributed by atoms with van der Waals surface area (Å²) >= 11 is 0. The number of nitrogens with two attached hydrogens (primary N) is 2. The SMILES string of the molecule is NC(=O)C(N)COc1ccc([N+](=O)[O-])cc1. The van der Waals surface area contributed by atoms with E-state index >= 15 is 0 Å². The number of nitrogens with zero attached hydrogens (tertiary/aromatic N) is 1. The Kier molecular flexibility index (Phi) is 3.78. The van der Waals surface area contributed by atoms with Gasteiger partial charge in [0.15, 0.2) is 0 Å². The second-order valence-corrected chi connectivity index (χ2v) is 3.07. The van der Waals surface area contributed by atoms with E-state index in [-0.39, 0.29) is 12.3 Å². The van der Waals surface area contributed by atoms with Gasteiger partial charge in [0.2, 0.25) is 5.91 Å². The summed E-state index contributed by atoms with van der Waals surface area (Å²) in [7, 11) is 0. The molecule has 0 aliphatic rings. The molecular weight excluding hydrogens is 214 g/mol. The molecule has 0 saturated heterocycles. The van der Waals surface area contributed by atoms with Gasteiger partial charge in [-0.3, -0.25) is 14.9 Å². The normalized spacial score (nSPS) is 11.8. The number of rotatable bonds is 5. The third kappa shape index (κ3) is 3.21. The Morgan fingerprint density at radius 1 is 1.44 bits per heavy atom. The van der Waals surface area contributed by atoms with Crippen LogP contribution in [-0.2, 0) is 4.79 Å². The van der Waals surface area contributed by atoms with Crippen molar-refractivity contribution in [2.24, 2.45) is 11.5 Å². The first-order valence-corrected chi connectivity index (χ1v) is 4.43. The molecule has 16 heavy (non-hydrogen) atoms. The van der Waals surface area contributed by atoms with E-state index in [2.05, 4.69) is 0 Å². The average Bonchev–Trinajstić information content (AvgIpc) is 2.26. The minimum atomic E-state index is -0.893. The summed E-state index contributed by atoms with van der Waals surface area (Å²) in [4.78, 5) is 20.4. The number of hydrogen-bond donors (Lipinski definition) is 2. The molecule has 0 bridgehead atoms. The zero-order valence-electron chi connectivity index (χ0n) is 8.33. The average molecular weight is 225 g/mol. The van der Waals surface area contributed by atoms with Crippen molar-refractivity contribution in [1.29, 1.82) is 0 Å². The van der Waals surface area contributed by atoms with Crippen LogP contribution in [0, 0.1) is 10.1 Å². The van der Waals surface area contributed by atoms with E-state index < -0.39 is 16.9 Å². The maximum absolute atomic E-state index is 10.6. The number of non-ortho nitro benzene ring substituents is 1. The predicted octanol–water partition coefficient (Wildman–Crippen LogP) is -0.214. The summed E-state index contributed by atoms with van der Waals surface area (Å²) in [5.74, 6) is -0.274. The van der Waals surface area contributed by atoms with Crippen LogP contribution in [0.2, 0.25) is 0 Å². The van der Waals surface area contributed by atoms with Crippen molar-refractivity contribution in [2.75, 3.05) is 6.61 Å². The first kappa shape index (κ1) is 11.9. The van der Waals surface area contributed by atoms with Crippen molar-refractivity contribution in [3.05, 3.63) is 34.4 Å². The molecule has 7 nitrogen and oxygen atoms in total. The van der Waals surface area contributed by atoms with E-state index in [4.69, 9.17) is 16.2 Å². The van der Waals surface area contributed by atoms with Crippen molar-refractivity contribution in [3.63, 3.8) is 0 Å². The summed E-state index contributed by atoms with van der Waals surface area (Å²) < 4.78 is 5.12. The van der Waals surface area contributed by atoms with Crippen LogP contribution >= 0.6 is 0 Å². The minimum Gasteiger partial charge on any atom is -0.491 e. The third-order valence-electron chi connectivity index (χ3n) is 1.84. The zero-order valence-corrected chi connectivity index (χ0v) is 8.33. The van der Waals surface area contributed by atoms with Crippen LogP contribution in [0.25, 0.3) is 0 Å². The van der Waals surface area contributed by atoms with E-state index in [1.807, 2.05) is 0 Å². The fraction of sp³-hybridized carbons (Fsp3) is 0.222. The predicted molar refractivity (Wildman–Crippen MR) is 55.8 cm³/mol. The Morgan fingerprint density at radius 2 is 2.00 bits per heavy atom. The van der Waals surface area contributed by atoms with E-state index in [1.165, 1.54) is 24.3 Å². The van der Waals surface area contributed by atoms with E-state index in [0.717, 1.165) is 0 Å². The monoisotopic (exact) mass is 225 g/mol. The van der Waals surface area contributed by atoms with Crippen molar-refractivity contribution >= 4 is 11.6 Å². The zero-order chi connectivity index (χ0) is 12.1. The van der Waals surface area contributed by atoms with Gasteiger partial charge in [0, 0.05) is 12.1 Å². The van der Waals surface area contributed by atoms with Crippen LogP contribution in [0.5, 0.6) is 5.75 Å². The van der Waals surface area contributed by atoms with Gasteiger partial charge in [-0.1, -0.05) is 0 Å². The molecule has 1 amide bonds. The number of ether oxygens (including phenoxy) is 1. The van der Waals surface area contributed by atoms with Gasteiger partial charge >= 0.3 is 0 Å². The molecule has 0 aliphatic carbocycles. The van der Waals surface area contributed by atoms with E-state index in [0.29, 0.717) is 5.75 Å². The smallest absolute Gasteiger partial charge is 0.269 e. The van der Waals surface area contributed by atoms with Gasteiger partial charge in [-0.25, -0.2) is 0 Å². The summed E-state index contributed by atoms with van der Waals surface area (Å²) in [5.41, 5.74) is 10.2. The summed E-state index contributed by atoms with van der Waals surface area (Å²) in [6, 6.07) is 4.55. The second kappa shape index (κ2) is 5.08. The molecule has 4 N–H and O–H groups in total. The van der Waals surface area contributed by atoms with Crippen LogP contribution in [0.1, 0.15) is 0 Å². The standard InChI is InChI=1S/C9H11N3O4/c10-8(9(11)13)5-16-7-3-1-6(2-4-7)12(14)15/h1-4,8H,5,10H2,(H2,11,13). The molecule has 86 valence electrons. The number of primary amides is 1. The highest BCUT2D eigenvalue weighted by Gasteiger charge is 2.10. The lowest BCUT2D eigenvalue weighted by atomic mass is 10.3. The van der Waals surface area contributed by atoms with Crippen molar-refractivity contribution < 1.29 is 14.5 Å².